The molecule has 1 atom stereocenters. The van der Waals surface area contributed by atoms with Crippen molar-refractivity contribution in [2.45, 2.75) is 56.0 Å². The first kappa shape index (κ1) is 35.5. The number of hydrogen-bond acceptors (Lipinski definition) is 10. The number of aromatic nitrogens is 5. The highest BCUT2D eigenvalue weighted by Gasteiger charge is 2.43. The number of nitrogens with one attached hydrogen (secondary N) is 3. The number of aryl methyl sites for hydroxylation is 1. The number of methoxy groups -OCH3 is 1. The third-order valence-corrected chi connectivity index (χ3v) is 13.1. The first-order valence-corrected chi connectivity index (χ1v) is 20.0. The summed E-state index contributed by atoms with van der Waals surface area (Å²) in [7, 11) is 3.36. The standard InChI is InChI=1S/C42H46N10O5/c1-48-35-31(52(41(48)56)32-10-12-34(53)47-40(32)55)9-11-33(57-2)36(35)51-22-27(23-51)50-19-17-49(18-20-50)26-7-5-25(6-8-26)38-43-16-13-29(46-38)30-21-28-37(45-30)42(14-3-4-15-42)24-44-39(28)54/h5-9,11,13,16,21,27,32,45H,3-4,10,12,14-15,17-20,22-24H2,1-2H3,(H,44,54)(H,47,53,55). The molecule has 3 N–H and O–H groups in total. The molecule has 15 heteroatoms. The van der Waals surface area contributed by atoms with Crippen LogP contribution in [0.5, 0.6) is 5.75 Å². The molecule has 2 aromatic carbocycles. The van der Waals surface area contributed by atoms with Crippen LogP contribution in [0.4, 0.5) is 11.4 Å². The van der Waals surface area contributed by atoms with E-state index in [0.717, 1.165) is 97.2 Å². The molecule has 7 heterocycles. The number of fused-ring (bicyclic) bond motifs is 3. The first-order valence-electron chi connectivity index (χ1n) is 20.0. The minimum atomic E-state index is -0.743. The zero-order chi connectivity index (χ0) is 39.0. The van der Waals surface area contributed by atoms with Gasteiger partial charge in [-0.1, -0.05) is 12.8 Å². The summed E-state index contributed by atoms with van der Waals surface area (Å²) < 4.78 is 8.92. The van der Waals surface area contributed by atoms with Crippen molar-refractivity contribution < 1.29 is 19.1 Å². The highest BCUT2D eigenvalue weighted by atomic mass is 16.5. The number of benzene rings is 2. The number of imide groups is 1. The molecule has 57 heavy (non-hydrogen) atoms. The second-order valence-corrected chi connectivity index (χ2v) is 16.2. The fourth-order valence-corrected chi connectivity index (χ4v) is 9.92. The van der Waals surface area contributed by atoms with Gasteiger partial charge in [-0.15, -0.1) is 0 Å². The van der Waals surface area contributed by atoms with Gasteiger partial charge in [0.15, 0.2) is 5.82 Å². The van der Waals surface area contributed by atoms with Crippen molar-refractivity contribution in [3.05, 3.63) is 76.5 Å². The number of carbonyl (C=O) groups excluding carboxylic acids is 3. The fraction of sp³-hybridized carbons (Fsp3) is 0.429. The van der Waals surface area contributed by atoms with E-state index in [1.807, 2.05) is 24.3 Å². The highest BCUT2D eigenvalue weighted by Crippen LogP contribution is 2.45. The summed E-state index contributed by atoms with van der Waals surface area (Å²) in [6.07, 6.45) is 6.79. The Bertz CT molecular complexity index is 2480. The van der Waals surface area contributed by atoms with E-state index in [4.69, 9.17) is 9.72 Å². The first-order chi connectivity index (χ1) is 27.7. The van der Waals surface area contributed by atoms with E-state index < -0.39 is 11.9 Å². The number of anilines is 2. The van der Waals surface area contributed by atoms with Crippen LogP contribution in [0.3, 0.4) is 0 Å². The Balaban J connectivity index is 0.799. The molecule has 1 spiro atoms. The number of piperazine rings is 1. The topological polar surface area (TPSA) is 163 Å². The number of carbonyl (C=O) groups is 3. The van der Waals surface area contributed by atoms with Crippen LogP contribution in [0, 0.1) is 0 Å². The van der Waals surface area contributed by atoms with Crippen molar-refractivity contribution in [2.75, 3.05) is 62.7 Å². The maximum Gasteiger partial charge on any atom is 0.329 e. The number of hydrogen-bond donors (Lipinski definition) is 3. The normalized spacial score (nSPS) is 21.2. The van der Waals surface area contributed by atoms with Crippen molar-refractivity contribution in [3.63, 3.8) is 0 Å². The third kappa shape index (κ3) is 5.81. The lowest BCUT2D eigenvalue weighted by Gasteiger charge is -2.49. The smallest absolute Gasteiger partial charge is 0.329 e. The molecule has 1 saturated carbocycles. The number of H-pyrrole nitrogens is 1. The number of piperidine rings is 1. The van der Waals surface area contributed by atoms with Crippen LogP contribution in [-0.2, 0) is 22.1 Å². The van der Waals surface area contributed by atoms with E-state index in [1.54, 1.807) is 24.9 Å². The summed E-state index contributed by atoms with van der Waals surface area (Å²) in [5.74, 6) is 0.543. The Morgan fingerprint density at radius 2 is 1.68 bits per heavy atom. The van der Waals surface area contributed by atoms with Gasteiger partial charge < -0.3 is 24.8 Å². The van der Waals surface area contributed by atoms with Crippen LogP contribution in [0.2, 0.25) is 0 Å². The van der Waals surface area contributed by atoms with Crippen molar-refractivity contribution >= 4 is 40.1 Å². The van der Waals surface area contributed by atoms with Gasteiger partial charge in [-0.2, -0.15) is 0 Å². The van der Waals surface area contributed by atoms with E-state index in [0.29, 0.717) is 29.7 Å². The number of imidazole rings is 1. The van der Waals surface area contributed by atoms with Gasteiger partial charge in [0, 0.05) is 93.9 Å². The third-order valence-electron chi connectivity index (χ3n) is 13.1. The minimum absolute atomic E-state index is 0.00145. The maximum absolute atomic E-state index is 13.6. The van der Waals surface area contributed by atoms with Crippen LogP contribution in [0.15, 0.2) is 59.5 Å². The summed E-state index contributed by atoms with van der Waals surface area (Å²) >= 11 is 0. The molecule has 4 aliphatic heterocycles. The van der Waals surface area contributed by atoms with E-state index in [1.165, 1.54) is 17.4 Å². The van der Waals surface area contributed by atoms with Gasteiger partial charge in [-0.25, -0.2) is 14.8 Å². The highest BCUT2D eigenvalue weighted by molar-refractivity contribution is 6.01. The Labute approximate surface area is 329 Å². The van der Waals surface area contributed by atoms with Crippen molar-refractivity contribution in [1.82, 2.24) is 39.6 Å². The average molecular weight is 771 g/mol. The Morgan fingerprint density at radius 3 is 2.42 bits per heavy atom. The summed E-state index contributed by atoms with van der Waals surface area (Å²) in [4.78, 5) is 71.3. The lowest BCUT2D eigenvalue weighted by Crippen LogP contribution is -2.63. The lowest BCUT2D eigenvalue weighted by molar-refractivity contribution is -0.135. The van der Waals surface area contributed by atoms with Gasteiger partial charge in [-0.05, 0) is 67.8 Å². The molecule has 3 saturated heterocycles. The largest absolute Gasteiger partial charge is 0.494 e. The van der Waals surface area contributed by atoms with Gasteiger partial charge in [-0.3, -0.25) is 33.7 Å². The van der Waals surface area contributed by atoms with E-state index in [-0.39, 0.29) is 35.8 Å². The average Bonchev–Trinajstić information content (AvgIpc) is 3.95. The zero-order valence-electron chi connectivity index (χ0n) is 32.2. The molecule has 1 unspecified atom stereocenters. The summed E-state index contributed by atoms with van der Waals surface area (Å²) in [5.41, 5.74) is 7.45. The lowest BCUT2D eigenvalue weighted by atomic mass is 9.78. The number of aromatic amines is 1. The number of nitrogens with zero attached hydrogens (tertiary/aromatic N) is 7. The molecule has 10 rings (SSSR count). The van der Waals surface area contributed by atoms with Crippen LogP contribution in [-0.4, -0.2) is 106 Å². The van der Waals surface area contributed by atoms with Gasteiger partial charge in [0.05, 0.1) is 35.1 Å². The molecule has 1 aliphatic carbocycles. The monoisotopic (exact) mass is 770 g/mol. The van der Waals surface area contributed by atoms with E-state index in [9.17, 15) is 19.2 Å². The van der Waals surface area contributed by atoms with Gasteiger partial charge in [0.25, 0.3) is 5.91 Å². The number of rotatable bonds is 7. The predicted octanol–water partition coefficient (Wildman–Crippen LogP) is 3.34. The van der Waals surface area contributed by atoms with Crippen LogP contribution in [0.1, 0.15) is 60.6 Å². The second-order valence-electron chi connectivity index (χ2n) is 16.2. The maximum atomic E-state index is 13.6. The molecule has 5 aliphatic rings. The van der Waals surface area contributed by atoms with Gasteiger partial charge >= 0.3 is 5.69 Å². The van der Waals surface area contributed by atoms with Crippen LogP contribution >= 0.6 is 0 Å². The molecule has 4 fully saturated rings. The molecule has 3 amide bonds. The Kier molecular flexibility index (Phi) is 8.46. The molecule has 294 valence electrons. The van der Waals surface area contributed by atoms with E-state index in [2.05, 4.69) is 59.6 Å². The van der Waals surface area contributed by atoms with Crippen LogP contribution < -0.4 is 30.9 Å². The molecule has 0 bridgehead atoms. The molecule has 0 radical (unpaired) electrons. The molecular formula is C42H46N10O5. The second kappa shape index (κ2) is 13.6. The van der Waals surface area contributed by atoms with E-state index >= 15 is 0 Å². The number of ether oxygens (including phenoxy) is 1. The minimum Gasteiger partial charge on any atom is -0.494 e. The van der Waals surface area contributed by atoms with Crippen molar-refractivity contribution in [1.29, 1.82) is 0 Å². The Morgan fingerprint density at radius 1 is 0.912 bits per heavy atom. The summed E-state index contributed by atoms with van der Waals surface area (Å²) in [6.45, 7) is 5.93. The van der Waals surface area contributed by atoms with Crippen LogP contribution in [0.25, 0.3) is 33.8 Å². The fourth-order valence-electron chi connectivity index (χ4n) is 9.92. The Hall–Kier alpha value is -5.96. The molecular weight excluding hydrogens is 725 g/mol. The molecule has 15 nitrogen and oxygen atoms in total. The SMILES string of the molecule is COc1ccc2c(c1N1CC(N3CCN(c4ccc(-c5nccc(-c6cc7c([nH]6)C6(CCCC6)CNC7=O)n5)cc4)CC3)C1)n(C)c(=O)n2C1CCC(=O)NC1=O. The van der Waals surface area contributed by atoms with Crippen molar-refractivity contribution in [3.8, 4) is 28.5 Å². The summed E-state index contributed by atoms with van der Waals surface area (Å²) in [6, 6.07) is 15.6. The van der Waals surface area contributed by atoms with Crippen molar-refractivity contribution in [2.24, 2.45) is 7.05 Å². The predicted molar refractivity (Wildman–Crippen MR) is 215 cm³/mol. The number of amides is 3. The zero-order valence-corrected chi connectivity index (χ0v) is 32.2. The van der Waals surface area contributed by atoms with Gasteiger partial charge in [0.2, 0.25) is 11.8 Å². The van der Waals surface area contributed by atoms with Gasteiger partial charge in [0.1, 0.15) is 17.5 Å². The quantitative estimate of drug-likeness (QED) is 0.210. The summed E-state index contributed by atoms with van der Waals surface area (Å²) in [5, 5.41) is 5.51. The molecule has 3 aromatic heterocycles. The molecule has 5 aromatic rings.